The fourth-order valence-corrected chi connectivity index (χ4v) is 2.48. The Morgan fingerprint density at radius 2 is 2.21 bits per heavy atom. The maximum atomic E-state index is 11.9. The molecule has 1 aromatic rings. The monoisotopic (exact) mass is 301 g/mol. The van der Waals surface area contributed by atoms with Crippen LogP contribution in [0.1, 0.15) is 23.4 Å². The van der Waals surface area contributed by atoms with Gasteiger partial charge in [0.25, 0.3) is 5.91 Å². The van der Waals surface area contributed by atoms with Crippen molar-refractivity contribution in [3.05, 3.63) is 23.1 Å². The first-order valence-electron chi connectivity index (χ1n) is 6.11. The highest BCUT2D eigenvalue weighted by molar-refractivity contribution is 7.80. The SMILES string of the molecule is NC(=S)CN1CCC(NC(=O)c2ccc(Cl)o2)CC1. The third-order valence-electron chi connectivity index (χ3n) is 3.10. The fraction of sp³-hybridized carbons (Fsp3) is 0.500. The molecular weight excluding hydrogens is 286 g/mol. The van der Waals surface area contributed by atoms with E-state index in [1.54, 1.807) is 12.1 Å². The van der Waals surface area contributed by atoms with Crippen LogP contribution in [0, 0.1) is 0 Å². The number of amides is 1. The van der Waals surface area contributed by atoms with Gasteiger partial charge in [-0.15, -0.1) is 0 Å². The van der Waals surface area contributed by atoms with Gasteiger partial charge in [-0.2, -0.15) is 0 Å². The van der Waals surface area contributed by atoms with E-state index >= 15 is 0 Å². The summed E-state index contributed by atoms with van der Waals surface area (Å²) in [4.78, 5) is 14.6. The molecule has 0 aromatic carbocycles. The Bertz CT molecular complexity index is 469. The summed E-state index contributed by atoms with van der Waals surface area (Å²) in [5, 5.41) is 3.16. The Balaban J connectivity index is 1.79. The summed E-state index contributed by atoms with van der Waals surface area (Å²) in [6.45, 7) is 2.40. The minimum absolute atomic E-state index is 0.152. The second-order valence-corrected chi connectivity index (χ2v) is 5.49. The summed E-state index contributed by atoms with van der Waals surface area (Å²) < 4.78 is 5.07. The lowest BCUT2D eigenvalue weighted by Gasteiger charge is -2.31. The van der Waals surface area contributed by atoms with Crippen LogP contribution in [0.3, 0.4) is 0 Å². The molecular formula is C12H16ClN3O2S. The molecule has 1 saturated heterocycles. The quantitative estimate of drug-likeness (QED) is 0.823. The van der Waals surface area contributed by atoms with Gasteiger partial charge in [0, 0.05) is 25.7 Å². The van der Waals surface area contributed by atoms with Gasteiger partial charge in [0.2, 0.25) is 0 Å². The van der Waals surface area contributed by atoms with E-state index < -0.39 is 0 Å². The molecule has 0 atom stereocenters. The van der Waals surface area contributed by atoms with Crippen molar-refractivity contribution in [1.82, 2.24) is 10.2 Å². The van der Waals surface area contributed by atoms with Crippen molar-refractivity contribution in [1.29, 1.82) is 0 Å². The van der Waals surface area contributed by atoms with Crippen LogP contribution in [0.15, 0.2) is 16.5 Å². The standard InChI is InChI=1S/C12H16ClN3O2S/c13-10-2-1-9(18-10)12(17)15-8-3-5-16(6-4-8)7-11(14)19/h1-2,8H,3-7H2,(H2,14,19)(H,15,17). The van der Waals surface area contributed by atoms with Gasteiger partial charge in [-0.05, 0) is 36.6 Å². The van der Waals surface area contributed by atoms with Crippen LogP contribution in [0.5, 0.6) is 0 Å². The van der Waals surface area contributed by atoms with Gasteiger partial charge in [0.1, 0.15) is 0 Å². The molecule has 5 nitrogen and oxygen atoms in total. The average molecular weight is 302 g/mol. The minimum Gasteiger partial charge on any atom is -0.440 e. The van der Waals surface area contributed by atoms with Gasteiger partial charge in [0.05, 0.1) is 4.99 Å². The van der Waals surface area contributed by atoms with E-state index in [4.69, 9.17) is 34.0 Å². The lowest BCUT2D eigenvalue weighted by Crippen LogP contribution is -2.46. The molecule has 1 fully saturated rings. The topological polar surface area (TPSA) is 71.5 Å². The summed E-state index contributed by atoms with van der Waals surface area (Å²) in [5.41, 5.74) is 5.51. The van der Waals surface area contributed by atoms with E-state index in [2.05, 4.69) is 10.2 Å². The van der Waals surface area contributed by atoms with Crippen LogP contribution in [-0.2, 0) is 0 Å². The van der Waals surface area contributed by atoms with Crippen molar-refractivity contribution in [2.24, 2.45) is 5.73 Å². The second kappa shape index (κ2) is 6.36. The van der Waals surface area contributed by atoms with Gasteiger partial charge < -0.3 is 15.5 Å². The number of furan rings is 1. The number of thiocarbonyl (C=S) groups is 1. The molecule has 1 aliphatic rings. The first-order valence-corrected chi connectivity index (χ1v) is 6.90. The number of rotatable bonds is 4. The van der Waals surface area contributed by atoms with Crippen molar-refractivity contribution in [2.75, 3.05) is 19.6 Å². The number of hydrogen-bond acceptors (Lipinski definition) is 4. The van der Waals surface area contributed by atoms with Crippen molar-refractivity contribution < 1.29 is 9.21 Å². The van der Waals surface area contributed by atoms with E-state index in [0.717, 1.165) is 25.9 Å². The zero-order chi connectivity index (χ0) is 13.8. The lowest BCUT2D eigenvalue weighted by molar-refractivity contribution is 0.0887. The number of halogens is 1. The van der Waals surface area contributed by atoms with Gasteiger partial charge in [-0.25, -0.2) is 0 Å². The number of nitrogens with zero attached hydrogens (tertiary/aromatic N) is 1. The maximum absolute atomic E-state index is 11.9. The van der Waals surface area contributed by atoms with Crippen LogP contribution in [0.25, 0.3) is 0 Å². The van der Waals surface area contributed by atoms with E-state index in [1.165, 1.54) is 0 Å². The van der Waals surface area contributed by atoms with E-state index in [1.807, 2.05) is 0 Å². The van der Waals surface area contributed by atoms with E-state index in [-0.39, 0.29) is 22.9 Å². The molecule has 19 heavy (non-hydrogen) atoms. The highest BCUT2D eigenvalue weighted by atomic mass is 35.5. The zero-order valence-electron chi connectivity index (χ0n) is 10.4. The van der Waals surface area contributed by atoms with Gasteiger partial charge in [-0.3, -0.25) is 9.69 Å². The number of likely N-dealkylation sites (tertiary alicyclic amines) is 1. The van der Waals surface area contributed by atoms with E-state index in [9.17, 15) is 4.79 Å². The number of carbonyl (C=O) groups excluding carboxylic acids is 1. The molecule has 104 valence electrons. The van der Waals surface area contributed by atoms with Crippen molar-refractivity contribution >= 4 is 34.7 Å². The molecule has 0 unspecified atom stereocenters. The predicted octanol–water partition coefficient (Wildman–Crippen LogP) is 1.41. The number of carbonyl (C=O) groups is 1. The third kappa shape index (κ3) is 4.19. The number of hydrogen-bond donors (Lipinski definition) is 2. The largest absolute Gasteiger partial charge is 0.440 e. The van der Waals surface area contributed by atoms with Gasteiger partial charge in [0.15, 0.2) is 11.0 Å². The summed E-state index contributed by atoms with van der Waals surface area (Å²) in [6, 6.07) is 3.28. The highest BCUT2D eigenvalue weighted by Gasteiger charge is 2.22. The molecule has 7 heteroatoms. The van der Waals surface area contributed by atoms with Crippen LogP contribution < -0.4 is 11.1 Å². The summed E-state index contributed by atoms with van der Waals surface area (Å²) in [5.74, 6) is 0.0234. The van der Waals surface area contributed by atoms with Crippen molar-refractivity contribution in [2.45, 2.75) is 18.9 Å². The Hall–Kier alpha value is -1.11. The van der Waals surface area contributed by atoms with Crippen LogP contribution in [0.4, 0.5) is 0 Å². The second-order valence-electron chi connectivity index (χ2n) is 4.59. The number of nitrogens with two attached hydrogens (primary N) is 1. The lowest BCUT2D eigenvalue weighted by atomic mass is 10.0. The Kier molecular flexibility index (Phi) is 4.79. The fourth-order valence-electron chi connectivity index (χ4n) is 2.15. The first kappa shape index (κ1) is 14.3. The molecule has 2 heterocycles. The number of nitrogens with one attached hydrogen (secondary N) is 1. The molecule has 2 rings (SSSR count). The molecule has 0 spiro atoms. The van der Waals surface area contributed by atoms with Crippen LogP contribution >= 0.6 is 23.8 Å². The van der Waals surface area contributed by atoms with Crippen LogP contribution in [-0.4, -0.2) is 41.5 Å². The average Bonchev–Trinajstić information content (AvgIpc) is 2.78. The molecule has 1 aliphatic heterocycles. The predicted molar refractivity (Wildman–Crippen MR) is 77.4 cm³/mol. The zero-order valence-corrected chi connectivity index (χ0v) is 12.0. The van der Waals surface area contributed by atoms with E-state index in [0.29, 0.717) is 11.5 Å². The maximum Gasteiger partial charge on any atom is 0.287 e. The first-order chi connectivity index (χ1) is 9.04. The molecule has 0 bridgehead atoms. The highest BCUT2D eigenvalue weighted by Crippen LogP contribution is 2.15. The summed E-state index contributed by atoms with van der Waals surface area (Å²) in [7, 11) is 0. The van der Waals surface area contributed by atoms with Crippen LogP contribution in [0.2, 0.25) is 5.22 Å². The molecule has 0 radical (unpaired) electrons. The molecule has 0 saturated carbocycles. The number of piperidine rings is 1. The Labute approximate surface area is 122 Å². The Morgan fingerprint density at radius 3 is 2.74 bits per heavy atom. The third-order valence-corrected chi connectivity index (χ3v) is 3.43. The van der Waals surface area contributed by atoms with Crippen molar-refractivity contribution in [3.8, 4) is 0 Å². The summed E-state index contributed by atoms with van der Waals surface area (Å²) >= 11 is 10.5. The van der Waals surface area contributed by atoms with Gasteiger partial charge in [-0.1, -0.05) is 12.2 Å². The molecule has 1 amide bonds. The molecule has 1 aromatic heterocycles. The Morgan fingerprint density at radius 1 is 1.53 bits per heavy atom. The van der Waals surface area contributed by atoms with Gasteiger partial charge >= 0.3 is 0 Å². The normalized spacial score (nSPS) is 17.3. The smallest absolute Gasteiger partial charge is 0.287 e. The van der Waals surface area contributed by atoms with Crippen molar-refractivity contribution in [3.63, 3.8) is 0 Å². The molecule has 3 N–H and O–H groups in total. The minimum atomic E-state index is -0.223. The summed E-state index contributed by atoms with van der Waals surface area (Å²) in [6.07, 6.45) is 1.76. The molecule has 0 aliphatic carbocycles.